The number of hydrogen-bond donors (Lipinski definition) is 1. The quantitative estimate of drug-likeness (QED) is 0.731. The van der Waals surface area contributed by atoms with Crippen LogP contribution in [0.3, 0.4) is 0 Å². The highest BCUT2D eigenvalue weighted by molar-refractivity contribution is 5.86. The van der Waals surface area contributed by atoms with Gasteiger partial charge in [0.05, 0.1) is 17.3 Å². The van der Waals surface area contributed by atoms with Crippen molar-refractivity contribution in [1.82, 2.24) is 19.7 Å². The Balaban J connectivity index is 2.25. The molecule has 0 aliphatic carbocycles. The molecule has 20 heavy (non-hydrogen) atoms. The smallest absolute Gasteiger partial charge is 0.194 e. The predicted octanol–water partition coefficient (Wildman–Crippen LogP) is 2.27. The van der Waals surface area contributed by atoms with E-state index in [1.165, 1.54) is 17.2 Å². The molecular weight excluding hydrogens is 271 g/mol. The molecule has 8 heteroatoms. The van der Waals surface area contributed by atoms with Gasteiger partial charge in [-0.1, -0.05) is 0 Å². The number of aromatic nitrogens is 4. The van der Waals surface area contributed by atoms with Gasteiger partial charge in [-0.3, -0.25) is 0 Å². The average Bonchev–Trinajstić information content (AvgIpc) is 2.88. The molecule has 3 aromatic rings. The highest BCUT2D eigenvalue weighted by atomic mass is 19.2. The van der Waals surface area contributed by atoms with Gasteiger partial charge in [0, 0.05) is 19.2 Å². The van der Waals surface area contributed by atoms with E-state index in [9.17, 15) is 13.2 Å². The van der Waals surface area contributed by atoms with Gasteiger partial charge in [-0.05, 0) is 0 Å². The summed E-state index contributed by atoms with van der Waals surface area (Å²) < 4.78 is 40.7. The molecule has 0 spiro atoms. The van der Waals surface area contributed by atoms with E-state index in [2.05, 4.69) is 20.4 Å². The second kappa shape index (κ2) is 4.48. The summed E-state index contributed by atoms with van der Waals surface area (Å²) in [5, 5.41) is 7.44. The molecule has 5 nitrogen and oxygen atoms in total. The van der Waals surface area contributed by atoms with Crippen molar-refractivity contribution in [2.24, 2.45) is 0 Å². The Morgan fingerprint density at radius 3 is 2.45 bits per heavy atom. The van der Waals surface area contributed by atoms with Crippen molar-refractivity contribution in [1.29, 1.82) is 0 Å². The predicted molar refractivity (Wildman–Crippen MR) is 66.1 cm³/mol. The van der Waals surface area contributed by atoms with E-state index in [0.717, 1.165) is 12.1 Å². The van der Waals surface area contributed by atoms with Crippen molar-refractivity contribution in [3.63, 3.8) is 0 Å². The van der Waals surface area contributed by atoms with Gasteiger partial charge in [-0.25, -0.2) is 27.8 Å². The molecule has 3 rings (SSSR count). The van der Waals surface area contributed by atoms with Crippen LogP contribution in [0.25, 0.3) is 16.7 Å². The first kappa shape index (κ1) is 12.4. The van der Waals surface area contributed by atoms with E-state index in [0.29, 0.717) is 16.9 Å². The topological polar surface area (TPSA) is 55.6 Å². The van der Waals surface area contributed by atoms with Crippen LogP contribution >= 0.6 is 0 Å². The van der Waals surface area contributed by atoms with E-state index in [1.54, 1.807) is 7.05 Å². The van der Waals surface area contributed by atoms with E-state index in [-0.39, 0.29) is 5.69 Å². The fourth-order valence-corrected chi connectivity index (χ4v) is 1.90. The van der Waals surface area contributed by atoms with Gasteiger partial charge in [0.15, 0.2) is 23.1 Å². The maximum Gasteiger partial charge on any atom is 0.194 e. The highest BCUT2D eigenvalue weighted by Gasteiger charge is 2.15. The lowest BCUT2D eigenvalue weighted by atomic mass is 10.3. The van der Waals surface area contributed by atoms with Gasteiger partial charge in [-0.2, -0.15) is 5.10 Å². The molecule has 0 unspecified atom stereocenters. The van der Waals surface area contributed by atoms with Crippen LogP contribution in [0.1, 0.15) is 0 Å². The fraction of sp³-hybridized carbons (Fsp3) is 0.0833. The maximum absolute atomic E-state index is 13.3. The van der Waals surface area contributed by atoms with Gasteiger partial charge >= 0.3 is 0 Å². The Labute approximate surface area is 111 Å². The Hall–Kier alpha value is -2.64. The summed E-state index contributed by atoms with van der Waals surface area (Å²) in [6, 6.07) is 1.71. The SMILES string of the molecule is CNc1ncnc2c1cnn2-c1cc(F)c(F)c(F)c1. The molecule has 1 N–H and O–H groups in total. The number of nitrogens with one attached hydrogen (secondary N) is 1. The Morgan fingerprint density at radius 2 is 1.80 bits per heavy atom. The third-order valence-corrected chi connectivity index (χ3v) is 2.82. The molecular formula is C12H8F3N5. The highest BCUT2D eigenvalue weighted by Crippen LogP contribution is 2.23. The van der Waals surface area contributed by atoms with Crippen LogP contribution in [0.15, 0.2) is 24.7 Å². The van der Waals surface area contributed by atoms with Crippen LogP contribution in [0.4, 0.5) is 19.0 Å². The summed E-state index contributed by atoms with van der Waals surface area (Å²) in [6.45, 7) is 0. The summed E-state index contributed by atoms with van der Waals surface area (Å²) in [7, 11) is 1.68. The lowest BCUT2D eigenvalue weighted by Gasteiger charge is -2.05. The standard InChI is InChI=1S/C12H8F3N5/c1-16-11-7-4-19-20(12(7)18-5-17-11)6-2-8(13)10(15)9(14)3-6/h2-5H,1H3,(H,16,17,18). The van der Waals surface area contributed by atoms with E-state index in [1.807, 2.05) is 0 Å². The second-order valence-electron chi connectivity index (χ2n) is 3.99. The molecule has 2 aromatic heterocycles. The lowest BCUT2D eigenvalue weighted by molar-refractivity contribution is 0.446. The molecule has 0 aliphatic heterocycles. The van der Waals surface area contributed by atoms with Crippen LogP contribution in [0.5, 0.6) is 0 Å². The Morgan fingerprint density at radius 1 is 1.10 bits per heavy atom. The molecule has 102 valence electrons. The van der Waals surface area contributed by atoms with Crippen molar-refractivity contribution in [2.45, 2.75) is 0 Å². The summed E-state index contributed by atoms with van der Waals surface area (Å²) in [5.74, 6) is -3.56. The van der Waals surface area contributed by atoms with E-state index in [4.69, 9.17) is 0 Å². The van der Waals surface area contributed by atoms with Crippen molar-refractivity contribution >= 4 is 16.9 Å². The van der Waals surface area contributed by atoms with Crippen LogP contribution < -0.4 is 5.32 Å². The number of benzene rings is 1. The van der Waals surface area contributed by atoms with Gasteiger partial charge in [0.1, 0.15) is 12.1 Å². The maximum atomic E-state index is 13.3. The van der Waals surface area contributed by atoms with Crippen molar-refractivity contribution < 1.29 is 13.2 Å². The van der Waals surface area contributed by atoms with E-state index >= 15 is 0 Å². The summed E-state index contributed by atoms with van der Waals surface area (Å²) in [5.41, 5.74) is 0.395. The molecule has 0 fully saturated rings. The number of fused-ring (bicyclic) bond motifs is 1. The second-order valence-corrected chi connectivity index (χ2v) is 3.99. The first-order chi connectivity index (χ1) is 9.61. The summed E-state index contributed by atoms with van der Waals surface area (Å²) in [6.07, 6.45) is 2.75. The van der Waals surface area contributed by atoms with Crippen molar-refractivity contribution in [2.75, 3.05) is 12.4 Å². The fourth-order valence-electron chi connectivity index (χ4n) is 1.90. The van der Waals surface area contributed by atoms with Crippen molar-refractivity contribution in [3.8, 4) is 5.69 Å². The van der Waals surface area contributed by atoms with Crippen LogP contribution in [0.2, 0.25) is 0 Å². The van der Waals surface area contributed by atoms with Gasteiger partial charge in [-0.15, -0.1) is 0 Å². The van der Waals surface area contributed by atoms with Crippen molar-refractivity contribution in [3.05, 3.63) is 42.1 Å². The molecule has 0 amide bonds. The van der Waals surface area contributed by atoms with Crippen LogP contribution in [0, 0.1) is 17.5 Å². The molecule has 0 saturated carbocycles. The molecule has 2 heterocycles. The minimum Gasteiger partial charge on any atom is -0.372 e. The van der Waals surface area contributed by atoms with Gasteiger partial charge in [0.25, 0.3) is 0 Å². The number of nitrogens with zero attached hydrogens (tertiary/aromatic N) is 4. The largest absolute Gasteiger partial charge is 0.372 e. The normalized spacial score (nSPS) is 11.0. The zero-order valence-electron chi connectivity index (χ0n) is 10.2. The molecule has 0 bridgehead atoms. The molecule has 1 aromatic carbocycles. The molecule has 0 radical (unpaired) electrons. The van der Waals surface area contributed by atoms with Crippen LogP contribution in [-0.2, 0) is 0 Å². The monoisotopic (exact) mass is 279 g/mol. The zero-order chi connectivity index (χ0) is 14.3. The molecule has 0 saturated heterocycles. The van der Waals surface area contributed by atoms with Gasteiger partial charge in [0.2, 0.25) is 0 Å². The molecule has 0 atom stereocenters. The zero-order valence-corrected chi connectivity index (χ0v) is 10.2. The third kappa shape index (κ3) is 1.77. The number of rotatable bonds is 2. The first-order valence-electron chi connectivity index (χ1n) is 5.63. The lowest BCUT2D eigenvalue weighted by Crippen LogP contribution is -2.02. The first-order valence-corrected chi connectivity index (χ1v) is 5.63. The molecule has 0 aliphatic rings. The van der Waals surface area contributed by atoms with Crippen LogP contribution in [-0.4, -0.2) is 26.8 Å². The Bertz CT molecular complexity index is 776. The summed E-state index contributed by atoms with van der Waals surface area (Å²) >= 11 is 0. The average molecular weight is 279 g/mol. The third-order valence-electron chi connectivity index (χ3n) is 2.82. The van der Waals surface area contributed by atoms with Gasteiger partial charge < -0.3 is 5.32 Å². The number of anilines is 1. The number of halogens is 3. The van der Waals surface area contributed by atoms with E-state index < -0.39 is 17.5 Å². The Kier molecular flexibility index (Phi) is 2.78. The summed E-state index contributed by atoms with van der Waals surface area (Å²) in [4.78, 5) is 8.02. The minimum absolute atomic E-state index is 0.0390. The minimum atomic E-state index is -1.52. The number of hydrogen-bond acceptors (Lipinski definition) is 4.